The molecule has 6 heteroatoms. The van der Waals surface area contributed by atoms with Crippen molar-refractivity contribution in [3.05, 3.63) is 59.0 Å². The van der Waals surface area contributed by atoms with E-state index in [4.69, 9.17) is 4.74 Å². The van der Waals surface area contributed by atoms with Gasteiger partial charge in [0.1, 0.15) is 5.69 Å². The Morgan fingerprint density at radius 1 is 1.15 bits per heavy atom. The topological polar surface area (TPSA) is 84.1 Å². The van der Waals surface area contributed by atoms with Gasteiger partial charge in [-0.05, 0) is 57.5 Å². The summed E-state index contributed by atoms with van der Waals surface area (Å²) < 4.78 is 5.27. The number of hydrogen-bond acceptors (Lipinski definition) is 4. The van der Waals surface area contributed by atoms with Crippen molar-refractivity contribution in [2.24, 2.45) is 0 Å². The number of benzene rings is 1. The number of hydrogen-bond donors (Lipinski definition) is 2. The molecule has 1 aromatic carbocycles. The van der Waals surface area contributed by atoms with Crippen LogP contribution in [0.15, 0.2) is 36.5 Å². The summed E-state index contributed by atoms with van der Waals surface area (Å²) in [7, 11) is 0. The van der Waals surface area contributed by atoms with Crippen LogP contribution in [0, 0.1) is 13.8 Å². The van der Waals surface area contributed by atoms with E-state index in [1.165, 1.54) is 0 Å². The number of rotatable bonds is 4. The van der Waals surface area contributed by atoms with E-state index in [0.717, 1.165) is 10.9 Å². The number of aromatic amines is 1. The van der Waals surface area contributed by atoms with Gasteiger partial charge in [-0.15, -0.1) is 0 Å². The molecular weight excluding hydrogens is 330 g/mol. The van der Waals surface area contributed by atoms with Crippen molar-refractivity contribution in [3.8, 4) is 0 Å². The second kappa shape index (κ2) is 7.00. The molecule has 3 rings (SSSR count). The third-order valence-electron chi connectivity index (χ3n) is 4.11. The molecule has 3 aromatic rings. The number of fused-ring (bicyclic) bond motifs is 1. The fraction of sp³-hybridized carbons (Fsp3) is 0.250. The van der Waals surface area contributed by atoms with E-state index in [-0.39, 0.29) is 12.0 Å². The number of carbonyl (C=O) groups is 2. The molecule has 2 aromatic heterocycles. The molecule has 26 heavy (non-hydrogen) atoms. The standard InChI is InChI=1S/C20H21N3O3/c1-11(2)26-20(25)17-12(3)18(22-13(17)4)19(24)23-16-9-5-8-15-14(16)7-6-10-21-15/h5-11,22H,1-4H3,(H,23,24). The molecule has 0 aliphatic carbocycles. The van der Waals surface area contributed by atoms with Gasteiger partial charge in [-0.2, -0.15) is 0 Å². The van der Waals surface area contributed by atoms with Gasteiger partial charge in [0.2, 0.25) is 0 Å². The fourth-order valence-electron chi connectivity index (χ4n) is 2.95. The highest BCUT2D eigenvalue weighted by molar-refractivity contribution is 6.10. The first-order valence-electron chi connectivity index (χ1n) is 8.43. The lowest BCUT2D eigenvalue weighted by Crippen LogP contribution is -2.15. The molecule has 0 aliphatic rings. The molecule has 0 saturated heterocycles. The molecule has 0 radical (unpaired) electrons. The van der Waals surface area contributed by atoms with Gasteiger partial charge < -0.3 is 15.0 Å². The zero-order chi connectivity index (χ0) is 18.8. The molecule has 2 N–H and O–H groups in total. The molecule has 0 spiro atoms. The minimum Gasteiger partial charge on any atom is -0.459 e. The van der Waals surface area contributed by atoms with Gasteiger partial charge in [-0.1, -0.05) is 6.07 Å². The van der Waals surface area contributed by atoms with Crippen molar-refractivity contribution in [2.45, 2.75) is 33.8 Å². The molecule has 0 saturated carbocycles. The van der Waals surface area contributed by atoms with Crippen LogP contribution in [0.5, 0.6) is 0 Å². The van der Waals surface area contributed by atoms with Crippen molar-refractivity contribution in [2.75, 3.05) is 5.32 Å². The second-order valence-corrected chi connectivity index (χ2v) is 6.41. The van der Waals surface area contributed by atoms with E-state index in [9.17, 15) is 9.59 Å². The van der Waals surface area contributed by atoms with E-state index in [1.54, 1.807) is 33.9 Å². The van der Waals surface area contributed by atoms with Gasteiger partial charge >= 0.3 is 5.97 Å². The summed E-state index contributed by atoms with van der Waals surface area (Å²) in [5, 5.41) is 3.75. The lowest BCUT2D eigenvalue weighted by atomic mass is 10.1. The van der Waals surface area contributed by atoms with Crippen LogP contribution in [0.2, 0.25) is 0 Å². The number of aromatic nitrogens is 2. The molecule has 134 valence electrons. The Hall–Kier alpha value is -3.15. The van der Waals surface area contributed by atoms with Crippen LogP contribution in [0.1, 0.15) is 46.0 Å². The predicted molar refractivity (Wildman–Crippen MR) is 101 cm³/mol. The number of nitrogens with zero attached hydrogens (tertiary/aromatic N) is 1. The summed E-state index contributed by atoms with van der Waals surface area (Å²) in [4.78, 5) is 32.4. The van der Waals surface area contributed by atoms with Crippen LogP contribution in [0.4, 0.5) is 5.69 Å². The summed E-state index contributed by atoms with van der Waals surface area (Å²) >= 11 is 0. The zero-order valence-corrected chi connectivity index (χ0v) is 15.2. The molecule has 0 fully saturated rings. The second-order valence-electron chi connectivity index (χ2n) is 6.41. The Labute approximate surface area is 151 Å². The van der Waals surface area contributed by atoms with E-state index in [2.05, 4.69) is 15.3 Å². The maximum absolute atomic E-state index is 12.8. The van der Waals surface area contributed by atoms with E-state index >= 15 is 0 Å². The van der Waals surface area contributed by atoms with E-state index < -0.39 is 5.97 Å². The van der Waals surface area contributed by atoms with Gasteiger partial charge in [0.25, 0.3) is 5.91 Å². The van der Waals surface area contributed by atoms with Crippen molar-refractivity contribution in [1.29, 1.82) is 0 Å². The average molecular weight is 351 g/mol. The number of anilines is 1. The monoisotopic (exact) mass is 351 g/mol. The Morgan fingerprint density at radius 3 is 2.65 bits per heavy atom. The lowest BCUT2D eigenvalue weighted by Gasteiger charge is -2.09. The average Bonchev–Trinajstić information content (AvgIpc) is 2.89. The maximum Gasteiger partial charge on any atom is 0.340 e. The van der Waals surface area contributed by atoms with Gasteiger partial charge in [0, 0.05) is 17.3 Å². The highest BCUT2D eigenvalue weighted by Gasteiger charge is 2.24. The zero-order valence-electron chi connectivity index (χ0n) is 15.2. The maximum atomic E-state index is 12.8. The first-order valence-corrected chi connectivity index (χ1v) is 8.43. The van der Waals surface area contributed by atoms with Gasteiger partial charge in [0.05, 0.1) is 22.9 Å². The number of ether oxygens (including phenoxy) is 1. The molecule has 0 bridgehead atoms. The first-order chi connectivity index (χ1) is 12.4. The summed E-state index contributed by atoms with van der Waals surface area (Å²) in [6.07, 6.45) is 1.48. The molecule has 0 atom stereocenters. The number of amides is 1. The summed E-state index contributed by atoms with van der Waals surface area (Å²) in [5.41, 5.74) is 3.40. The highest BCUT2D eigenvalue weighted by Crippen LogP contribution is 2.24. The van der Waals surface area contributed by atoms with Crippen molar-refractivity contribution in [1.82, 2.24) is 9.97 Å². The van der Waals surface area contributed by atoms with Crippen LogP contribution in [0.3, 0.4) is 0 Å². The fourth-order valence-corrected chi connectivity index (χ4v) is 2.95. The first kappa shape index (κ1) is 17.7. The predicted octanol–water partition coefficient (Wildman–Crippen LogP) is 4.00. The lowest BCUT2D eigenvalue weighted by molar-refractivity contribution is 0.0376. The molecule has 6 nitrogen and oxygen atoms in total. The number of esters is 1. The van der Waals surface area contributed by atoms with Crippen LogP contribution < -0.4 is 5.32 Å². The third-order valence-corrected chi connectivity index (χ3v) is 4.11. The molecular formula is C20H21N3O3. The summed E-state index contributed by atoms with van der Waals surface area (Å²) in [6, 6.07) is 9.26. The number of carbonyl (C=O) groups excluding carboxylic acids is 2. The number of H-pyrrole nitrogens is 1. The molecule has 1 amide bonds. The van der Waals surface area contributed by atoms with Crippen molar-refractivity contribution in [3.63, 3.8) is 0 Å². The molecule has 2 heterocycles. The van der Waals surface area contributed by atoms with Crippen LogP contribution in [-0.2, 0) is 4.74 Å². The summed E-state index contributed by atoms with van der Waals surface area (Å²) in [6.45, 7) is 7.07. The number of pyridine rings is 1. The van der Waals surface area contributed by atoms with Gasteiger partial charge in [0.15, 0.2) is 0 Å². The van der Waals surface area contributed by atoms with Crippen molar-refractivity contribution >= 4 is 28.5 Å². The van der Waals surface area contributed by atoms with Gasteiger partial charge in [-0.3, -0.25) is 9.78 Å². The SMILES string of the molecule is Cc1[nH]c(C(=O)Nc2cccc3ncccc23)c(C)c1C(=O)OC(C)C. The number of nitrogens with one attached hydrogen (secondary N) is 2. The van der Waals surface area contributed by atoms with Crippen LogP contribution >= 0.6 is 0 Å². The Bertz CT molecular complexity index is 984. The Kier molecular flexibility index (Phi) is 4.75. The number of aryl methyl sites for hydroxylation is 1. The minimum atomic E-state index is -0.431. The quantitative estimate of drug-likeness (QED) is 0.696. The van der Waals surface area contributed by atoms with Gasteiger partial charge in [-0.25, -0.2) is 4.79 Å². The van der Waals surface area contributed by atoms with Crippen LogP contribution in [0.25, 0.3) is 10.9 Å². The van der Waals surface area contributed by atoms with Crippen LogP contribution in [-0.4, -0.2) is 27.9 Å². The van der Waals surface area contributed by atoms with Crippen molar-refractivity contribution < 1.29 is 14.3 Å². The van der Waals surface area contributed by atoms with E-state index in [1.807, 2.05) is 30.3 Å². The summed E-state index contributed by atoms with van der Waals surface area (Å²) in [5.74, 6) is -0.745. The third kappa shape index (κ3) is 3.31. The Balaban J connectivity index is 1.92. The smallest absolute Gasteiger partial charge is 0.340 e. The largest absolute Gasteiger partial charge is 0.459 e. The normalized spacial score (nSPS) is 11.0. The Morgan fingerprint density at radius 2 is 1.92 bits per heavy atom. The van der Waals surface area contributed by atoms with E-state index in [0.29, 0.717) is 28.2 Å². The molecule has 0 aliphatic heterocycles. The molecule has 0 unspecified atom stereocenters. The highest BCUT2D eigenvalue weighted by atomic mass is 16.5. The minimum absolute atomic E-state index is 0.225.